The summed E-state index contributed by atoms with van der Waals surface area (Å²) in [6.07, 6.45) is 10.4. The highest BCUT2D eigenvalue weighted by atomic mass is 16.5. The van der Waals surface area contributed by atoms with E-state index in [9.17, 15) is 19.2 Å². The molecule has 2 aliphatic rings. The van der Waals surface area contributed by atoms with E-state index >= 15 is 0 Å². The van der Waals surface area contributed by atoms with Gasteiger partial charge in [0, 0.05) is 30.7 Å². The first-order valence-corrected chi connectivity index (χ1v) is 15.3. The lowest BCUT2D eigenvalue weighted by Crippen LogP contribution is -2.24. The van der Waals surface area contributed by atoms with E-state index in [0.717, 1.165) is 42.4 Å². The van der Waals surface area contributed by atoms with Crippen molar-refractivity contribution in [3.05, 3.63) is 100 Å². The average molecular weight is 614 g/mol. The van der Waals surface area contributed by atoms with Crippen molar-refractivity contribution in [3.63, 3.8) is 0 Å². The Bertz CT molecular complexity index is 1470. The van der Waals surface area contributed by atoms with Gasteiger partial charge in [-0.3, -0.25) is 14.4 Å². The van der Waals surface area contributed by atoms with Crippen LogP contribution in [0.2, 0.25) is 0 Å². The molecule has 2 amide bonds. The van der Waals surface area contributed by atoms with Gasteiger partial charge in [0.15, 0.2) is 0 Å². The van der Waals surface area contributed by atoms with Gasteiger partial charge >= 0.3 is 0 Å². The van der Waals surface area contributed by atoms with Crippen LogP contribution in [0.25, 0.3) is 6.08 Å². The number of Topliss-reactive ketones (excluding diaryl/α,β-unsaturated/α-hetero) is 1. The third-order valence-electron chi connectivity index (χ3n) is 7.62. The second-order valence-electron chi connectivity index (χ2n) is 11.3. The number of hydrogen-bond donors (Lipinski definition) is 2. The Labute approximate surface area is 265 Å². The van der Waals surface area contributed by atoms with Crippen molar-refractivity contribution in [1.82, 2.24) is 25.7 Å². The monoisotopic (exact) mass is 613 g/mol. The van der Waals surface area contributed by atoms with Crippen LogP contribution < -0.4 is 10.6 Å². The smallest absolute Gasteiger partial charge is 0.250 e. The van der Waals surface area contributed by atoms with E-state index < -0.39 is 5.78 Å². The molecule has 1 saturated heterocycles. The molecule has 1 aromatic heterocycles. The van der Waals surface area contributed by atoms with Crippen LogP contribution in [0.1, 0.15) is 79.7 Å². The zero-order valence-electron chi connectivity index (χ0n) is 26.4. The van der Waals surface area contributed by atoms with E-state index in [2.05, 4.69) is 47.6 Å². The molecule has 2 N–H and O–H groups in total. The van der Waals surface area contributed by atoms with E-state index in [1.165, 1.54) is 18.5 Å². The summed E-state index contributed by atoms with van der Waals surface area (Å²) >= 11 is 0. The van der Waals surface area contributed by atoms with E-state index in [0.29, 0.717) is 43.1 Å². The molecule has 10 nitrogen and oxygen atoms in total. The maximum Gasteiger partial charge on any atom is 0.250 e. The standard InChI is InChI=1S/C20H17N3O3.C9H15NO.C6H11NO/c1-14-6-5-9-16(10-14)12-18-22-20(23-26-18)19(25)17(21-13-24)11-15-7-3-2-4-8-15;1-7-6-9(4-3-5-11)10-8(7)2;1-6-3-2-4-7(6)5-8/h2-11,13H,12H2,1H3,(H,21,24);5-8,10H,3-4H2,1-2H3;5-6H,2-4H2,1H3/b17-11+;;/t;;6-/m..1/s1. The fourth-order valence-electron chi connectivity index (χ4n) is 4.90. The number of aldehydes is 1. The van der Waals surface area contributed by atoms with Crippen molar-refractivity contribution in [3.8, 4) is 0 Å². The second kappa shape index (κ2) is 18.1. The molecule has 0 radical (unpaired) electrons. The summed E-state index contributed by atoms with van der Waals surface area (Å²) in [6, 6.07) is 18.1. The van der Waals surface area contributed by atoms with Crippen molar-refractivity contribution < 1.29 is 23.7 Å². The minimum Gasteiger partial charge on any atom is -0.386 e. The van der Waals surface area contributed by atoms with E-state index in [-0.39, 0.29) is 11.5 Å². The first-order valence-electron chi connectivity index (χ1n) is 15.3. The molecule has 0 spiro atoms. The fourth-order valence-corrected chi connectivity index (χ4v) is 4.90. The Hall–Kier alpha value is -4.86. The zero-order valence-corrected chi connectivity index (χ0v) is 26.4. The summed E-state index contributed by atoms with van der Waals surface area (Å²) in [4.78, 5) is 49.7. The van der Waals surface area contributed by atoms with Gasteiger partial charge in [-0.15, -0.1) is 0 Å². The minimum atomic E-state index is -0.514. The van der Waals surface area contributed by atoms with Gasteiger partial charge in [0.1, 0.15) is 6.29 Å². The molecule has 238 valence electrons. The van der Waals surface area contributed by atoms with E-state index in [1.807, 2.05) is 66.4 Å². The molecular weight excluding hydrogens is 570 g/mol. The summed E-state index contributed by atoms with van der Waals surface area (Å²) in [5, 5.41) is 9.49. The summed E-state index contributed by atoms with van der Waals surface area (Å²) < 4.78 is 5.18. The molecule has 3 aromatic rings. The predicted molar refractivity (Wildman–Crippen MR) is 173 cm³/mol. The van der Waals surface area contributed by atoms with E-state index in [4.69, 9.17) is 4.52 Å². The molecule has 5 rings (SSSR count). The summed E-state index contributed by atoms with van der Waals surface area (Å²) in [5.74, 6) is 0.338. The number of hydrogen-bond acceptors (Lipinski definition) is 8. The maximum atomic E-state index is 12.6. The molecule has 2 aliphatic heterocycles. The first kappa shape index (κ1) is 34.6. The summed E-state index contributed by atoms with van der Waals surface area (Å²) in [6.45, 7) is 9.39. The highest BCUT2D eigenvalue weighted by molar-refractivity contribution is 6.09. The second-order valence-corrected chi connectivity index (χ2v) is 11.3. The molecule has 45 heavy (non-hydrogen) atoms. The normalized spacial score (nSPS) is 18.8. The lowest BCUT2D eigenvalue weighted by atomic mass is 10.1. The molecule has 1 fully saturated rings. The molecule has 0 saturated carbocycles. The Kier molecular flexibility index (Phi) is 13.9. The predicted octanol–water partition coefficient (Wildman–Crippen LogP) is 5.04. The number of carbonyl (C=O) groups excluding carboxylic acids is 4. The van der Waals surface area contributed by atoms with Crippen LogP contribution in [0, 0.1) is 12.8 Å². The van der Waals surface area contributed by atoms with Gasteiger partial charge in [-0.25, -0.2) is 0 Å². The molecule has 10 heteroatoms. The van der Waals surface area contributed by atoms with Crippen LogP contribution in [0.3, 0.4) is 0 Å². The van der Waals surface area contributed by atoms with Crippen LogP contribution in [0.4, 0.5) is 0 Å². The minimum absolute atomic E-state index is 0.0779. The van der Waals surface area contributed by atoms with Crippen molar-refractivity contribution in [2.75, 3.05) is 6.54 Å². The molecule has 0 bridgehead atoms. The molecule has 3 atom stereocenters. The third-order valence-corrected chi connectivity index (χ3v) is 7.62. The van der Waals surface area contributed by atoms with Crippen molar-refractivity contribution in [1.29, 1.82) is 0 Å². The largest absolute Gasteiger partial charge is 0.386 e. The van der Waals surface area contributed by atoms with E-state index in [1.54, 1.807) is 6.08 Å². The average Bonchev–Trinajstić information content (AvgIpc) is 3.76. The number of nitrogens with one attached hydrogen (secondary N) is 2. The number of aromatic nitrogens is 2. The Balaban J connectivity index is 0.000000237. The molecule has 3 heterocycles. The number of ketones is 1. The summed E-state index contributed by atoms with van der Waals surface area (Å²) in [7, 11) is 0. The number of benzene rings is 2. The number of rotatable bonds is 11. The van der Waals surface area contributed by atoms with Gasteiger partial charge in [-0.05, 0) is 63.2 Å². The van der Waals surface area contributed by atoms with Crippen LogP contribution in [0.15, 0.2) is 76.6 Å². The third kappa shape index (κ3) is 11.3. The fraction of sp³-hybridized carbons (Fsp3) is 0.371. The zero-order chi connectivity index (χ0) is 32.6. The van der Waals surface area contributed by atoms with Gasteiger partial charge < -0.3 is 24.9 Å². The van der Waals surface area contributed by atoms with Crippen LogP contribution in [-0.2, 0) is 20.8 Å². The maximum absolute atomic E-state index is 12.6. The molecule has 0 aliphatic carbocycles. The van der Waals surface area contributed by atoms with Crippen molar-refractivity contribution in [2.45, 2.75) is 71.9 Å². The number of likely N-dealkylation sites (tertiary alicyclic amines) is 1. The highest BCUT2D eigenvalue weighted by Crippen LogP contribution is 2.18. The van der Waals surface area contributed by atoms with Crippen LogP contribution in [-0.4, -0.2) is 58.6 Å². The van der Waals surface area contributed by atoms with Gasteiger partial charge in [0.25, 0.3) is 0 Å². The quantitative estimate of drug-likeness (QED) is 0.175. The number of amides is 2. The van der Waals surface area contributed by atoms with Crippen molar-refractivity contribution >= 4 is 31.0 Å². The number of nitrogens with zero attached hydrogens (tertiary/aromatic N) is 3. The molecular formula is C35H43N5O5. The molecule has 2 unspecified atom stereocenters. The van der Waals surface area contributed by atoms with Crippen LogP contribution in [0.5, 0.6) is 0 Å². The SMILES string of the molecule is CC1C=C(CCC=O)NC1C.C[C@@H]1CCCN1C=O.Cc1cccc(Cc2nc(C(=O)/C(=C\c3ccccc3)NC=O)no2)c1. The Morgan fingerprint density at radius 1 is 1.09 bits per heavy atom. The first-order chi connectivity index (χ1) is 21.7. The Morgan fingerprint density at radius 3 is 2.44 bits per heavy atom. The lowest BCUT2D eigenvalue weighted by Gasteiger charge is -2.13. The lowest BCUT2D eigenvalue weighted by molar-refractivity contribution is -0.118. The van der Waals surface area contributed by atoms with Gasteiger partial charge in [0.05, 0.1) is 12.1 Å². The van der Waals surface area contributed by atoms with Gasteiger partial charge in [-0.1, -0.05) is 78.3 Å². The Morgan fingerprint density at radius 2 is 1.87 bits per heavy atom. The number of carbonyl (C=O) groups is 4. The van der Waals surface area contributed by atoms with Crippen LogP contribution >= 0.6 is 0 Å². The highest BCUT2D eigenvalue weighted by Gasteiger charge is 2.20. The number of allylic oxidation sites excluding steroid dienone is 2. The number of aryl methyl sites for hydroxylation is 1. The summed E-state index contributed by atoms with van der Waals surface area (Å²) in [5.41, 5.74) is 4.22. The topological polar surface area (TPSA) is 134 Å². The van der Waals surface area contributed by atoms with Gasteiger partial charge in [0.2, 0.25) is 30.3 Å². The molecule has 2 aromatic carbocycles. The van der Waals surface area contributed by atoms with Crippen molar-refractivity contribution in [2.24, 2.45) is 5.92 Å². The van der Waals surface area contributed by atoms with Gasteiger partial charge in [-0.2, -0.15) is 4.98 Å².